The molecule has 2 aromatic rings. The Morgan fingerprint density at radius 1 is 1.15 bits per heavy atom. The average Bonchev–Trinajstić information content (AvgIpc) is 2.83. The SMILES string of the molecule is CCC=C(C(=O)O)c1cccc2c1Cc1ccccc1-2. The summed E-state index contributed by atoms with van der Waals surface area (Å²) in [6.07, 6.45) is 3.33. The van der Waals surface area contributed by atoms with Crippen LogP contribution in [0.1, 0.15) is 30.0 Å². The van der Waals surface area contributed by atoms with Gasteiger partial charge in [-0.05, 0) is 40.7 Å². The Bertz CT molecular complexity index is 711. The molecule has 1 N–H and O–H groups in total. The van der Waals surface area contributed by atoms with Crippen LogP contribution in [-0.4, -0.2) is 11.1 Å². The summed E-state index contributed by atoms with van der Waals surface area (Å²) in [5.74, 6) is -0.851. The van der Waals surface area contributed by atoms with Gasteiger partial charge in [0.1, 0.15) is 0 Å². The fourth-order valence-electron chi connectivity index (χ4n) is 2.93. The van der Waals surface area contributed by atoms with E-state index in [1.54, 1.807) is 6.08 Å². The zero-order valence-corrected chi connectivity index (χ0v) is 11.4. The van der Waals surface area contributed by atoms with Crippen LogP contribution < -0.4 is 0 Å². The first kappa shape index (κ1) is 12.7. The highest BCUT2D eigenvalue weighted by Crippen LogP contribution is 2.40. The minimum absolute atomic E-state index is 0.414. The Morgan fingerprint density at radius 2 is 1.90 bits per heavy atom. The highest BCUT2D eigenvalue weighted by molar-refractivity contribution is 6.16. The molecule has 0 aromatic heterocycles. The summed E-state index contributed by atoms with van der Waals surface area (Å²) in [5.41, 5.74) is 6.07. The fourth-order valence-corrected chi connectivity index (χ4v) is 2.93. The lowest BCUT2D eigenvalue weighted by Gasteiger charge is -2.09. The van der Waals surface area contributed by atoms with Crippen molar-refractivity contribution in [3.8, 4) is 11.1 Å². The summed E-state index contributed by atoms with van der Waals surface area (Å²) in [7, 11) is 0. The van der Waals surface area contributed by atoms with E-state index in [2.05, 4.69) is 18.2 Å². The summed E-state index contributed by atoms with van der Waals surface area (Å²) in [5, 5.41) is 9.44. The molecule has 2 heteroatoms. The molecule has 3 rings (SSSR count). The Kier molecular flexibility index (Phi) is 3.15. The van der Waals surface area contributed by atoms with Gasteiger partial charge in [-0.2, -0.15) is 0 Å². The van der Waals surface area contributed by atoms with E-state index >= 15 is 0 Å². The van der Waals surface area contributed by atoms with Crippen LogP contribution in [0.4, 0.5) is 0 Å². The number of benzene rings is 2. The zero-order valence-electron chi connectivity index (χ0n) is 11.4. The largest absolute Gasteiger partial charge is 0.478 e. The molecule has 0 fully saturated rings. The summed E-state index contributed by atoms with van der Waals surface area (Å²) >= 11 is 0. The van der Waals surface area contributed by atoms with Gasteiger partial charge in [0.2, 0.25) is 0 Å². The highest BCUT2D eigenvalue weighted by Gasteiger charge is 2.23. The van der Waals surface area contributed by atoms with E-state index < -0.39 is 5.97 Å². The highest BCUT2D eigenvalue weighted by atomic mass is 16.4. The first-order chi connectivity index (χ1) is 9.72. The molecule has 0 saturated heterocycles. The number of carboxylic acids is 1. The van der Waals surface area contributed by atoms with Gasteiger partial charge >= 0.3 is 5.97 Å². The second-order valence-corrected chi connectivity index (χ2v) is 5.00. The maximum atomic E-state index is 11.5. The van der Waals surface area contributed by atoms with E-state index in [4.69, 9.17) is 0 Å². The van der Waals surface area contributed by atoms with Crippen LogP contribution in [0.15, 0.2) is 48.5 Å². The van der Waals surface area contributed by atoms with Crippen molar-refractivity contribution in [2.75, 3.05) is 0 Å². The van der Waals surface area contributed by atoms with Crippen LogP contribution in [0.5, 0.6) is 0 Å². The molecule has 0 saturated carbocycles. The Morgan fingerprint density at radius 3 is 2.65 bits per heavy atom. The number of aliphatic carboxylic acids is 1. The Labute approximate surface area is 118 Å². The molecule has 0 atom stereocenters. The lowest BCUT2D eigenvalue weighted by molar-refractivity contribution is -0.130. The number of fused-ring (bicyclic) bond motifs is 3. The van der Waals surface area contributed by atoms with Gasteiger partial charge in [-0.1, -0.05) is 55.5 Å². The maximum Gasteiger partial charge on any atom is 0.335 e. The van der Waals surface area contributed by atoms with Crippen molar-refractivity contribution in [3.63, 3.8) is 0 Å². The summed E-state index contributed by atoms with van der Waals surface area (Å²) in [4.78, 5) is 11.5. The second kappa shape index (κ2) is 4.97. The van der Waals surface area contributed by atoms with Gasteiger partial charge in [0.05, 0.1) is 5.57 Å². The van der Waals surface area contributed by atoms with Gasteiger partial charge in [0.15, 0.2) is 0 Å². The average molecular weight is 264 g/mol. The maximum absolute atomic E-state index is 11.5. The van der Waals surface area contributed by atoms with Gasteiger partial charge in [0, 0.05) is 0 Å². The Hall–Kier alpha value is -2.35. The van der Waals surface area contributed by atoms with Crippen LogP contribution in [0.25, 0.3) is 16.7 Å². The first-order valence-electron chi connectivity index (χ1n) is 6.86. The van der Waals surface area contributed by atoms with E-state index in [0.717, 1.165) is 24.0 Å². The quantitative estimate of drug-likeness (QED) is 0.722. The van der Waals surface area contributed by atoms with Crippen LogP contribution >= 0.6 is 0 Å². The van der Waals surface area contributed by atoms with Crippen LogP contribution in [0.3, 0.4) is 0 Å². The van der Waals surface area contributed by atoms with Crippen LogP contribution in [-0.2, 0) is 11.2 Å². The standard InChI is InChI=1S/C18H16O2/c1-2-6-16(18(19)20)15-10-5-9-14-13-8-4-3-7-12(13)11-17(14)15/h3-10H,2,11H2,1H3,(H,19,20). The first-order valence-corrected chi connectivity index (χ1v) is 6.86. The van der Waals surface area contributed by atoms with Gasteiger partial charge in [-0.25, -0.2) is 4.79 Å². The van der Waals surface area contributed by atoms with Gasteiger partial charge in [-0.15, -0.1) is 0 Å². The summed E-state index contributed by atoms with van der Waals surface area (Å²) < 4.78 is 0. The van der Waals surface area contributed by atoms with Crippen LogP contribution in [0, 0.1) is 0 Å². The molecule has 1 aliphatic rings. The van der Waals surface area contributed by atoms with E-state index in [1.807, 2.05) is 31.2 Å². The molecular weight excluding hydrogens is 248 g/mol. The smallest absolute Gasteiger partial charge is 0.335 e. The molecule has 0 aliphatic heterocycles. The monoisotopic (exact) mass is 264 g/mol. The van der Waals surface area contributed by atoms with Crippen molar-refractivity contribution in [1.29, 1.82) is 0 Å². The molecule has 0 heterocycles. The summed E-state index contributed by atoms with van der Waals surface area (Å²) in [6, 6.07) is 14.2. The predicted molar refractivity (Wildman–Crippen MR) is 80.6 cm³/mol. The molecule has 1 aliphatic carbocycles. The number of rotatable bonds is 3. The molecule has 0 unspecified atom stereocenters. The fraction of sp³-hybridized carbons (Fsp3) is 0.167. The lowest BCUT2D eigenvalue weighted by Crippen LogP contribution is -2.02. The number of hydrogen-bond acceptors (Lipinski definition) is 1. The normalized spacial score (nSPS) is 12.9. The van der Waals surface area contributed by atoms with Gasteiger partial charge in [0.25, 0.3) is 0 Å². The van der Waals surface area contributed by atoms with E-state index in [-0.39, 0.29) is 0 Å². The van der Waals surface area contributed by atoms with Crippen molar-refractivity contribution < 1.29 is 9.90 Å². The third kappa shape index (κ3) is 1.94. The minimum Gasteiger partial charge on any atom is -0.478 e. The molecule has 2 aromatic carbocycles. The van der Waals surface area contributed by atoms with E-state index in [1.165, 1.54) is 16.7 Å². The van der Waals surface area contributed by atoms with Crippen molar-refractivity contribution in [1.82, 2.24) is 0 Å². The molecule has 0 spiro atoms. The molecule has 0 amide bonds. The molecule has 0 radical (unpaired) electrons. The van der Waals surface area contributed by atoms with Gasteiger partial charge < -0.3 is 5.11 Å². The molecule has 0 bridgehead atoms. The molecule has 2 nitrogen and oxygen atoms in total. The van der Waals surface area contributed by atoms with E-state index in [0.29, 0.717) is 5.57 Å². The number of carboxylic acid groups (broad SMARTS) is 1. The van der Waals surface area contributed by atoms with Crippen molar-refractivity contribution in [2.24, 2.45) is 0 Å². The minimum atomic E-state index is -0.851. The van der Waals surface area contributed by atoms with Crippen molar-refractivity contribution >= 4 is 11.5 Å². The molecular formula is C18H16O2. The third-order valence-electron chi connectivity index (χ3n) is 3.78. The Balaban J connectivity index is 2.19. The number of carbonyl (C=O) groups is 1. The van der Waals surface area contributed by atoms with E-state index in [9.17, 15) is 9.90 Å². The van der Waals surface area contributed by atoms with Gasteiger partial charge in [-0.3, -0.25) is 0 Å². The number of hydrogen-bond donors (Lipinski definition) is 1. The summed E-state index contributed by atoms with van der Waals surface area (Å²) in [6.45, 7) is 1.96. The molecule has 20 heavy (non-hydrogen) atoms. The third-order valence-corrected chi connectivity index (χ3v) is 3.78. The zero-order chi connectivity index (χ0) is 14.1. The number of allylic oxidation sites excluding steroid dienone is 1. The van der Waals surface area contributed by atoms with Crippen molar-refractivity contribution in [3.05, 3.63) is 65.2 Å². The van der Waals surface area contributed by atoms with Crippen LogP contribution in [0.2, 0.25) is 0 Å². The second-order valence-electron chi connectivity index (χ2n) is 5.00. The van der Waals surface area contributed by atoms with Crippen molar-refractivity contribution in [2.45, 2.75) is 19.8 Å². The predicted octanol–water partition coefficient (Wildman–Crippen LogP) is 4.14. The molecule has 100 valence electrons. The lowest BCUT2D eigenvalue weighted by atomic mass is 9.95. The topological polar surface area (TPSA) is 37.3 Å².